The Bertz CT molecular complexity index is 572. The van der Waals surface area contributed by atoms with Crippen molar-refractivity contribution in [3.05, 3.63) is 52.9 Å². The fourth-order valence-electron chi connectivity index (χ4n) is 1.92. The molecule has 102 valence electrons. The van der Waals surface area contributed by atoms with E-state index in [0.29, 0.717) is 11.3 Å². The number of aromatic nitrogens is 1. The van der Waals surface area contributed by atoms with Gasteiger partial charge < -0.3 is 15.4 Å². The monoisotopic (exact) mass is 268 g/mol. The van der Waals surface area contributed by atoms with Gasteiger partial charge in [-0.05, 0) is 19.4 Å². The van der Waals surface area contributed by atoms with Crippen LogP contribution in [-0.2, 0) is 0 Å². The Balaban J connectivity index is 2.13. The second-order valence-corrected chi connectivity index (χ2v) is 4.38. The van der Waals surface area contributed by atoms with E-state index in [0.717, 1.165) is 12.1 Å². The van der Waals surface area contributed by atoms with Crippen LogP contribution in [0.3, 0.4) is 0 Å². The Morgan fingerprint density at radius 1 is 1.37 bits per heavy atom. The van der Waals surface area contributed by atoms with E-state index in [9.17, 15) is 13.9 Å². The molecule has 2 atom stereocenters. The number of nitrogens with zero attached hydrogens (tertiary/aromatic N) is 1. The van der Waals surface area contributed by atoms with Crippen molar-refractivity contribution in [1.29, 1.82) is 0 Å². The minimum absolute atomic E-state index is 0.0879. The molecule has 1 aromatic carbocycles. The van der Waals surface area contributed by atoms with Crippen LogP contribution in [0.15, 0.2) is 29.0 Å². The zero-order chi connectivity index (χ0) is 14.0. The van der Waals surface area contributed by atoms with Gasteiger partial charge in [-0.3, -0.25) is 0 Å². The third-order valence-electron chi connectivity index (χ3n) is 2.99. The number of halogens is 2. The summed E-state index contributed by atoms with van der Waals surface area (Å²) in [5.41, 5.74) is 7.06. The molecule has 0 amide bonds. The van der Waals surface area contributed by atoms with Crippen molar-refractivity contribution in [2.45, 2.75) is 25.5 Å². The maximum absolute atomic E-state index is 13.5. The zero-order valence-corrected chi connectivity index (χ0v) is 10.3. The third-order valence-corrected chi connectivity index (χ3v) is 2.99. The maximum Gasteiger partial charge on any atom is 0.130 e. The van der Waals surface area contributed by atoms with Crippen molar-refractivity contribution in [2.24, 2.45) is 5.73 Å². The van der Waals surface area contributed by atoms with Crippen molar-refractivity contribution in [3.63, 3.8) is 0 Å². The number of rotatable bonds is 4. The van der Waals surface area contributed by atoms with Crippen LogP contribution in [0, 0.1) is 18.6 Å². The van der Waals surface area contributed by atoms with Gasteiger partial charge in [0.25, 0.3) is 0 Å². The van der Waals surface area contributed by atoms with E-state index >= 15 is 0 Å². The van der Waals surface area contributed by atoms with Gasteiger partial charge in [0.2, 0.25) is 0 Å². The molecule has 0 aliphatic heterocycles. The van der Waals surface area contributed by atoms with Gasteiger partial charge in [0.15, 0.2) is 0 Å². The molecule has 0 saturated carbocycles. The fourth-order valence-corrected chi connectivity index (χ4v) is 1.92. The molecule has 0 fully saturated rings. The van der Waals surface area contributed by atoms with Crippen LogP contribution in [0.2, 0.25) is 0 Å². The molecule has 2 aromatic rings. The molecule has 1 aromatic heterocycles. The molecule has 1 heterocycles. The molecule has 0 bridgehead atoms. The molecular formula is C13H14F2N2O2. The summed E-state index contributed by atoms with van der Waals surface area (Å²) in [5.74, 6) is -1.38. The SMILES string of the molecule is Cc1nocc1C(O)CC(N)c1ccc(F)cc1F. The van der Waals surface area contributed by atoms with Crippen molar-refractivity contribution in [1.82, 2.24) is 5.16 Å². The molecule has 0 aliphatic rings. The molecule has 3 N–H and O–H groups in total. The summed E-state index contributed by atoms with van der Waals surface area (Å²) in [6, 6.07) is 2.44. The van der Waals surface area contributed by atoms with Crippen LogP contribution in [0.4, 0.5) is 8.78 Å². The van der Waals surface area contributed by atoms with Gasteiger partial charge >= 0.3 is 0 Å². The molecule has 0 radical (unpaired) electrons. The third kappa shape index (κ3) is 2.97. The molecular weight excluding hydrogens is 254 g/mol. The zero-order valence-electron chi connectivity index (χ0n) is 10.3. The highest BCUT2D eigenvalue weighted by Gasteiger charge is 2.20. The number of hydrogen-bond donors (Lipinski definition) is 2. The second-order valence-electron chi connectivity index (χ2n) is 4.38. The lowest BCUT2D eigenvalue weighted by molar-refractivity contribution is 0.156. The van der Waals surface area contributed by atoms with Gasteiger partial charge in [0, 0.05) is 23.2 Å². The van der Waals surface area contributed by atoms with E-state index < -0.39 is 23.8 Å². The van der Waals surface area contributed by atoms with Crippen LogP contribution in [0.5, 0.6) is 0 Å². The van der Waals surface area contributed by atoms with Crippen LogP contribution >= 0.6 is 0 Å². The lowest BCUT2D eigenvalue weighted by Crippen LogP contribution is -2.16. The summed E-state index contributed by atoms with van der Waals surface area (Å²) in [4.78, 5) is 0. The number of aryl methyl sites for hydroxylation is 1. The fraction of sp³-hybridized carbons (Fsp3) is 0.308. The highest BCUT2D eigenvalue weighted by Crippen LogP contribution is 2.27. The first kappa shape index (κ1) is 13.6. The highest BCUT2D eigenvalue weighted by molar-refractivity contribution is 5.23. The Labute approximate surface area is 108 Å². The maximum atomic E-state index is 13.5. The summed E-state index contributed by atoms with van der Waals surface area (Å²) in [6.07, 6.45) is 0.504. The van der Waals surface area contributed by atoms with Crippen molar-refractivity contribution >= 4 is 0 Å². The standard InChI is InChI=1S/C13H14F2N2O2/c1-7-10(6-19-17-7)13(18)5-12(16)9-3-2-8(14)4-11(9)15/h2-4,6,12-13,18H,5,16H2,1H3. The Morgan fingerprint density at radius 2 is 2.11 bits per heavy atom. The second kappa shape index (κ2) is 5.46. The molecule has 2 unspecified atom stereocenters. The average molecular weight is 268 g/mol. The highest BCUT2D eigenvalue weighted by atomic mass is 19.1. The lowest BCUT2D eigenvalue weighted by Gasteiger charge is -2.16. The summed E-state index contributed by atoms with van der Waals surface area (Å²) in [6.45, 7) is 1.69. The molecule has 4 nitrogen and oxygen atoms in total. The van der Waals surface area contributed by atoms with E-state index in [-0.39, 0.29) is 12.0 Å². The van der Waals surface area contributed by atoms with E-state index in [4.69, 9.17) is 10.3 Å². The van der Waals surface area contributed by atoms with Crippen LogP contribution in [-0.4, -0.2) is 10.3 Å². The number of aliphatic hydroxyl groups is 1. The summed E-state index contributed by atoms with van der Waals surface area (Å²) in [5, 5.41) is 13.6. The Morgan fingerprint density at radius 3 is 2.68 bits per heavy atom. The van der Waals surface area contributed by atoms with Crippen LogP contribution in [0.25, 0.3) is 0 Å². The van der Waals surface area contributed by atoms with Crippen molar-refractivity contribution in [3.8, 4) is 0 Å². The smallest absolute Gasteiger partial charge is 0.130 e. The lowest BCUT2D eigenvalue weighted by atomic mass is 9.97. The first-order valence-electron chi connectivity index (χ1n) is 5.78. The number of nitrogens with two attached hydrogens (primary N) is 1. The Hall–Kier alpha value is -1.79. The summed E-state index contributed by atoms with van der Waals surface area (Å²) >= 11 is 0. The summed E-state index contributed by atoms with van der Waals surface area (Å²) in [7, 11) is 0. The largest absolute Gasteiger partial charge is 0.388 e. The molecule has 6 heteroatoms. The van der Waals surface area contributed by atoms with Crippen LogP contribution < -0.4 is 5.73 Å². The molecule has 0 spiro atoms. The van der Waals surface area contributed by atoms with E-state index in [1.807, 2.05) is 0 Å². The molecule has 19 heavy (non-hydrogen) atoms. The van der Waals surface area contributed by atoms with Crippen LogP contribution in [0.1, 0.15) is 35.4 Å². The average Bonchev–Trinajstić information content (AvgIpc) is 2.75. The van der Waals surface area contributed by atoms with Gasteiger partial charge in [-0.15, -0.1) is 0 Å². The van der Waals surface area contributed by atoms with Gasteiger partial charge in [-0.1, -0.05) is 11.2 Å². The van der Waals surface area contributed by atoms with Gasteiger partial charge in [0.05, 0.1) is 11.8 Å². The predicted molar refractivity (Wildman–Crippen MR) is 64.1 cm³/mol. The normalized spacial score (nSPS) is 14.4. The molecule has 2 rings (SSSR count). The molecule has 0 saturated heterocycles. The van der Waals surface area contributed by atoms with E-state index in [1.54, 1.807) is 6.92 Å². The van der Waals surface area contributed by atoms with Gasteiger partial charge in [-0.2, -0.15) is 0 Å². The minimum atomic E-state index is -0.911. The molecule has 0 aliphatic carbocycles. The van der Waals surface area contributed by atoms with E-state index in [2.05, 4.69) is 5.16 Å². The predicted octanol–water partition coefficient (Wildman–Crippen LogP) is 2.38. The van der Waals surface area contributed by atoms with Gasteiger partial charge in [0.1, 0.15) is 17.9 Å². The van der Waals surface area contributed by atoms with Crippen molar-refractivity contribution in [2.75, 3.05) is 0 Å². The number of hydrogen-bond acceptors (Lipinski definition) is 4. The number of aliphatic hydroxyl groups excluding tert-OH is 1. The number of benzene rings is 1. The van der Waals surface area contributed by atoms with Crippen molar-refractivity contribution < 1.29 is 18.4 Å². The minimum Gasteiger partial charge on any atom is -0.388 e. The first-order chi connectivity index (χ1) is 8.99. The Kier molecular flexibility index (Phi) is 3.92. The van der Waals surface area contributed by atoms with E-state index in [1.165, 1.54) is 12.3 Å². The topological polar surface area (TPSA) is 72.3 Å². The quantitative estimate of drug-likeness (QED) is 0.893. The summed E-state index contributed by atoms with van der Waals surface area (Å²) < 4.78 is 31.1. The van der Waals surface area contributed by atoms with Gasteiger partial charge in [-0.25, -0.2) is 8.78 Å². The first-order valence-corrected chi connectivity index (χ1v) is 5.78.